The fourth-order valence-corrected chi connectivity index (χ4v) is 10.5. The highest BCUT2D eigenvalue weighted by molar-refractivity contribution is 6.19. The number of benzene rings is 2. The first-order chi connectivity index (χ1) is 28.3. The van der Waals surface area contributed by atoms with Crippen LogP contribution in [0.25, 0.3) is 6.08 Å². The van der Waals surface area contributed by atoms with E-state index in [1.807, 2.05) is 75.9 Å². The molecule has 4 bridgehead atoms. The summed E-state index contributed by atoms with van der Waals surface area (Å²) in [5.74, 6) is -1.12. The molecule has 1 saturated carbocycles. The van der Waals surface area contributed by atoms with Gasteiger partial charge in [0.15, 0.2) is 28.6 Å². The summed E-state index contributed by atoms with van der Waals surface area (Å²) in [6.45, 7) is 19.7. The molecule has 2 aromatic carbocycles. The van der Waals surface area contributed by atoms with E-state index in [2.05, 4.69) is 30.9 Å². The maximum Gasteiger partial charge on any atom is 0.249 e. The molecule has 1 amide bonds. The van der Waals surface area contributed by atoms with Gasteiger partial charge in [-0.25, -0.2) is 0 Å². The van der Waals surface area contributed by atoms with Gasteiger partial charge in [0.1, 0.15) is 28.4 Å². The highest BCUT2D eigenvalue weighted by Crippen LogP contribution is 2.68. The van der Waals surface area contributed by atoms with Crippen LogP contribution in [0.15, 0.2) is 76.9 Å². The molecule has 2 aromatic rings. The molecule has 1 spiro atoms. The Morgan fingerprint density at radius 3 is 2.22 bits per heavy atom. The number of aromatic hydroxyl groups is 1. The number of anilines is 1. The largest absolute Gasteiger partial charge is 0.506 e. The number of Topliss-reactive ketones (excluding diaryl/α,β-unsaturated/α-hetero) is 3. The van der Waals surface area contributed by atoms with Crippen molar-refractivity contribution in [3.05, 3.63) is 99.2 Å². The van der Waals surface area contributed by atoms with E-state index in [0.29, 0.717) is 79.0 Å². The summed E-state index contributed by atoms with van der Waals surface area (Å²) < 4.78 is 21.2. The van der Waals surface area contributed by atoms with Crippen LogP contribution < -0.4 is 14.4 Å². The number of hydrogen-bond donors (Lipinski definition) is 1. The number of carbonyl (C=O) groups excluding carboxylic acids is 4. The zero-order chi connectivity index (χ0) is 43.1. The van der Waals surface area contributed by atoms with Gasteiger partial charge < -0.3 is 29.1 Å². The molecule has 2 saturated heterocycles. The van der Waals surface area contributed by atoms with E-state index in [4.69, 9.17) is 14.2 Å². The molecule has 5 unspecified atom stereocenters. The van der Waals surface area contributed by atoms with Crippen molar-refractivity contribution in [2.45, 2.75) is 117 Å². The standard InChI is InChI=1S/C50H58N2O8/c1-29(2)11-10-20-48(9)21-19-36-41(54)40-42(55)38-27-34-28-39-47(7,8)60-49(45(34)56,50(38,39)59-44(40)37(43(36)58-48)17-12-30(3)4)22-18-31(5)46(57)52-25-23-51(24-26-52)35-15-13-33(14-16-35)32(6)53/h11-16,18-19,21,27,34,39,54H,10,17,20,22-26,28H2,1-9H3/b31-18-. The predicted octanol–water partition coefficient (Wildman–Crippen LogP) is 8.71. The molecule has 0 radical (unpaired) electrons. The van der Waals surface area contributed by atoms with E-state index >= 15 is 4.79 Å². The first-order valence-electron chi connectivity index (χ1n) is 21.4. The molecule has 4 heterocycles. The van der Waals surface area contributed by atoms with Crippen LogP contribution >= 0.6 is 0 Å². The number of rotatable bonds is 10. The quantitative estimate of drug-likeness (QED) is 0.143. The molecule has 9 rings (SSSR count). The third-order valence-electron chi connectivity index (χ3n) is 13.7. The predicted molar refractivity (Wildman–Crippen MR) is 232 cm³/mol. The Morgan fingerprint density at radius 1 is 0.883 bits per heavy atom. The summed E-state index contributed by atoms with van der Waals surface area (Å²) in [5.41, 5.74) is 1.25. The molecule has 3 fully saturated rings. The van der Waals surface area contributed by atoms with E-state index in [0.717, 1.165) is 17.7 Å². The van der Waals surface area contributed by atoms with Gasteiger partial charge >= 0.3 is 0 Å². The lowest BCUT2D eigenvalue weighted by molar-refractivity contribution is -0.171. The maximum atomic E-state index is 15.1. The lowest BCUT2D eigenvalue weighted by Crippen LogP contribution is -2.72. The third-order valence-corrected chi connectivity index (χ3v) is 13.7. The van der Waals surface area contributed by atoms with Crippen LogP contribution in [0.1, 0.15) is 120 Å². The van der Waals surface area contributed by atoms with Gasteiger partial charge in [0.05, 0.1) is 11.2 Å². The van der Waals surface area contributed by atoms with E-state index in [1.165, 1.54) is 5.57 Å². The molecule has 10 heteroatoms. The Bertz CT molecular complexity index is 2350. The van der Waals surface area contributed by atoms with Gasteiger partial charge in [0, 0.05) is 72.4 Å². The molecule has 7 aliphatic rings. The van der Waals surface area contributed by atoms with E-state index in [-0.39, 0.29) is 52.7 Å². The number of hydrogen-bond acceptors (Lipinski definition) is 9. The molecule has 316 valence electrons. The normalized spacial score (nSPS) is 28.2. The van der Waals surface area contributed by atoms with Gasteiger partial charge in [-0.15, -0.1) is 0 Å². The lowest BCUT2D eigenvalue weighted by atomic mass is 9.51. The summed E-state index contributed by atoms with van der Waals surface area (Å²) in [6.07, 6.45) is 14.0. The van der Waals surface area contributed by atoms with Crippen LogP contribution in [0.3, 0.4) is 0 Å². The van der Waals surface area contributed by atoms with Gasteiger partial charge in [-0.05, 0) is 124 Å². The number of carbonyl (C=O) groups is 4. The first-order valence-corrected chi connectivity index (χ1v) is 21.4. The monoisotopic (exact) mass is 814 g/mol. The summed E-state index contributed by atoms with van der Waals surface area (Å²) in [4.78, 5) is 59.8. The average Bonchev–Trinajstić information content (AvgIpc) is 3.36. The van der Waals surface area contributed by atoms with Crippen molar-refractivity contribution in [3.8, 4) is 17.2 Å². The minimum absolute atomic E-state index is 0.0186. The summed E-state index contributed by atoms with van der Waals surface area (Å²) in [7, 11) is 0. The molecular weight excluding hydrogens is 757 g/mol. The van der Waals surface area contributed by atoms with Crippen molar-refractivity contribution in [2.75, 3.05) is 31.1 Å². The SMILES string of the molecule is CC(=O)c1ccc(N2CCN(C(=O)/C(C)=C\CC34OC(C)(C)C5CC(C=C6C(=O)c7c(O)c8c(c(CC=C(C)C)c7OC653)OC(C)(CCC=C(C)C)C=C8)C4=O)CC2)cc1. The van der Waals surface area contributed by atoms with Gasteiger partial charge in [-0.3, -0.25) is 19.2 Å². The van der Waals surface area contributed by atoms with Crippen LogP contribution in [-0.2, 0) is 20.7 Å². The highest BCUT2D eigenvalue weighted by Gasteiger charge is 2.81. The second-order valence-electron chi connectivity index (χ2n) is 18.8. The van der Waals surface area contributed by atoms with Crippen LogP contribution in [0.4, 0.5) is 5.69 Å². The number of fused-ring (bicyclic) bond motifs is 2. The number of phenolic OH excluding ortho intramolecular Hbond substituents is 1. The van der Waals surface area contributed by atoms with Crippen LogP contribution in [0, 0.1) is 11.8 Å². The van der Waals surface area contributed by atoms with Gasteiger partial charge in [0.2, 0.25) is 5.91 Å². The van der Waals surface area contributed by atoms with Crippen molar-refractivity contribution in [2.24, 2.45) is 11.8 Å². The van der Waals surface area contributed by atoms with Crippen molar-refractivity contribution in [1.82, 2.24) is 4.90 Å². The van der Waals surface area contributed by atoms with Crippen molar-refractivity contribution in [1.29, 1.82) is 0 Å². The van der Waals surface area contributed by atoms with Crippen LogP contribution in [0.2, 0.25) is 0 Å². The zero-order valence-corrected chi connectivity index (χ0v) is 36.5. The minimum Gasteiger partial charge on any atom is -0.506 e. The van der Waals surface area contributed by atoms with E-state index in [1.54, 1.807) is 26.0 Å². The number of nitrogens with zero attached hydrogens (tertiary/aromatic N) is 2. The second-order valence-corrected chi connectivity index (χ2v) is 18.8. The zero-order valence-electron chi connectivity index (χ0n) is 36.5. The minimum atomic E-state index is -1.60. The van der Waals surface area contributed by atoms with Gasteiger partial charge in [-0.1, -0.05) is 35.5 Å². The lowest BCUT2D eigenvalue weighted by Gasteiger charge is -2.56. The maximum absolute atomic E-state index is 15.1. The molecule has 3 aliphatic carbocycles. The summed E-state index contributed by atoms with van der Waals surface area (Å²) >= 11 is 0. The van der Waals surface area contributed by atoms with E-state index in [9.17, 15) is 19.5 Å². The summed E-state index contributed by atoms with van der Waals surface area (Å²) in [5, 5.41) is 12.0. The van der Waals surface area contributed by atoms with Gasteiger partial charge in [-0.2, -0.15) is 0 Å². The second kappa shape index (κ2) is 14.8. The van der Waals surface area contributed by atoms with Crippen LogP contribution in [-0.4, -0.2) is 81.8 Å². The van der Waals surface area contributed by atoms with Crippen molar-refractivity contribution in [3.63, 3.8) is 0 Å². The number of ether oxygens (including phenoxy) is 3. The van der Waals surface area contributed by atoms with Crippen molar-refractivity contribution >= 4 is 35.0 Å². The third kappa shape index (κ3) is 6.48. The van der Waals surface area contributed by atoms with E-state index < -0.39 is 28.3 Å². The number of piperazine rings is 1. The molecular formula is C50H58N2O8. The van der Waals surface area contributed by atoms with Gasteiger partial charge in [0.25, 0.3) is 0 Å². The molecule has 5 atom stereocenters. The topological polar surface area (TPSA) is 123 Å². The Balaban J connectivity index is 1.15. The number of phenols is 1. The summed E-state index contributed by atoms with van der Waals surface area (Å²) in [6, 6.07) is 7.54. The Morgan fingerprint density at radius 2 is 1.57 bits per heavy atom. The Labute approximate surface area is 353 Å². The fourth-order valence-electron chi connectivity index (χ4n) is 10.5. The molecule has 10 nitrogen and oxygen atoms in total. The Hall–Kier alpha value is -5.22. The molecule has 1 N–H and O–H groups in total. The fraction of sp³-hybridized carbons (Fsp3) is 0.480. The average molecular weight is 815 g/mol. The Kier molecular flexibility index (Phi) is 10.2. The molecule has 60 heavy (non-hydrogen) atoms. The van der Waals surface area contributed by atoms with Crippen molar-refractivity contribution < 1.29 is 38.5 Å². The van der Waals surface area contributed by atoms with Crippen LogP contribution in [0.5, 0.6) is 17.2 Å². The number of allylic oxidation sites excluding steroid dienone is 5. The first kappa shape index (κ1) is 41.5. The highest BCUT2D eigenvalue weighted by atomic mass is 16.6. The molecule has 0 aromatic heterocycles. The number of amides is 1. The smallest absolute Gasteiger partial charge is 0.249 e. The number of ketones is 3. The molecule has 4 aliphatic heterocycles.